The van der Waals surface area contributed by atoms with Crippen LogP contribution in [0, 0.1) is 5.92 Å². The summed E-state index contributed by atoms with van der Waals surface area (Å²) in [6.07, 6.45) is 1.88. The smallest absolute Gasteiger partial charge is 0.124 e. The molecule has 0 radical (unpaired) electrons. The number of aryl methyl sites for hydroxylation is 1. The summed E-state index contributed by atoms with van der Waals surface area (Å²) >= 11 is 0. The average molecular weight is 212 g/mol. The Labute approximate surface area is 90.5 Å². The maximum atomic E-state index is 9.94. The molecule has 1 aromatic heterocycles. The molecule has 4 heteroatoms. The van der Waals surface area contributed by atoms with E-state index in [4.69, 9.17) is 0 Å². The van der Waals surface area contributed by atoms with Gasteiger partial charge >= 0.3 is 0 Å². The molecule has 86 valence electrons. The summed E-state index contributed by atoms with van der Waals surface area (Å²) in [6.45, 7) is 4.03. The summed E-state index contributed by atoms with van der Waals surface area (Å²) in [6, 6.07) is 1.73. The van der Waals surface area contributed by atoms with Gasteiger partial charge in [-0.3, -0.25) is 4.68 Å². The molecular formula is C11H20N2O2. The molecule has 0 aromatic carbocycles. The van der Waals surface area contributed by atoms with Crippen molar-refractivity contribution in [2.45, 2.75) is 38.9 Å². The Morgan fingerprint density at radius 3 is 2.33 bits per heavy atom. The number of hydrogen-bond donors (Lipinski definition) is 2. The van der Waals surface area contributed by atoms with Crippen LogP contribution in [0.1, 0.15) is 38.5 Å². The molecule has 2 N–H and O–H groups in total. The van der Waals surface area contributed by atoms with Crippen LogP contribution in [0.5, 0.6) is 0 Å². The van der Waals surface area contributed by atoms with Gasteiger partial charge in [-0.2, -0.15) is 5.10 Å². The minimum Gasteiger partial charge on any atom is -0.390 e. The van der Waals surface area contributed by atoms with Crippen molar-refractivity contribution in [1.29, 1.82) is 0 Å². The third kappa shape index (κ3) is 2.79. The quantitative estimate of drug-likeness (QED) is 0.772. The van der Waals surface area contributed by atoms with Crippen molar-refractivity contribution in [3.05, 3.63) is 18.0 Å². The summed E-state index contributed by atoms with van der Waals surface area (Å²) in [5.41, 5.74) is 0.539. The molecule has 0 spiro atoms. The Balaban J connectivity index is 2.71. The molecule has 0 aliphatic rings. The van der Waals surface area contributed by atoms with Crippen LogP contribution in [0.2, 0.25) is 0 Å². The van der Waals surface area contributed by atoms with Crippen LogP contribution in [0.25, 0.3) is 0 Å². The highest BCUT2D eigenvalue weighted by Crippen LogP contribution is 2.24. The summed E-state index contributed by atoms with van der Waals surface area (Å²) < 4.78 is 1.62. The van der Waals surface area contributed by atoms with Gasteiger partial charge in [-0.25, -0.2) is 0 Å². The van der Waals surface area contributed by atoms with Crippen LogP contribution >= 0.6 is 0 Å². The van der Waals surface area contributed by atoms with E-state index in [0.717, 1.165) is 12.8 Å². The predicted molar refractivity (Wildman–Crippen MR) is 58.2 cm³/mol. The van der Waals surface area contributed by atoms with Crippen LogP contribution < -0.4 is 0 Å². The number of aliphatic hydroxyl groups excluding tert-OH is 2. The van der Waals surface area contributed by atoms with Gasteiger partial charge in [0.1, 0.15) is 6.10 Å². The van der Waals surface area contributed by atoms with Crippen molar-refractivity contribution in [3.63, 3.8) is 0 Å². The average Bonchev–Trinajstić information content (AvgIpc) is 2.65. The number of aliphatic hydroxyl groups is 2. The SMILES string of the molecule is CCC(CC)C(O)C(O)c1ccn(C)n1. The summed E-state index contributed by atoms with van der Waals surface area (Å²) in [5, 5.41) is 23.9. The van der Waals surface area contributed by atoms with E-state index in [0.29, 0.717) is 5.69 Å². The number of rotatable bonds is 5. The minimum atomic E-state index is -0.879. The molecule has 1 aromatic rings. The first-order chi connectivity index (χ1) is 7.10. The van der Waals surface area contributed by atoms with E-state index in [1.165, 1.54) is 0 Å². The molecule has 0 aliphatic heterocycles. The van der Waals surface area contributed by atoms with Gasteiger partial charge in [0.25, 0.3) is 0 Å². The van der Waals surface area contributed by atoms with Crippen molar-refractivity contribution < 1.29 is 10.2 Å². The number of nitrogens with zero attached hydrogens (tertiary/aromatic N) is 2. The van der Waals surface area contributed by atoms with Crippen molar-refractivity contribution in [3.8, 4) is 0 Å². The van der Waals surface area contributed by atoms with Crippen molar-refractivity contribution in [2.75, 3.05) is 0 Å². The zero-order valence-corrected chi connectivity index (χ0v) is 9.59. The Morgan fingerprint density at radius 2 is 1.93 bits per heavy atom. The molecule has 4 nitrogen and oxygen atoms in total. The van der Waals surface area contributed by atoms with E-state index in [2.05, 4.69) is 5.10 Å². The molecular weight excluding hydrogens is 192 g/mol. The predicted octanol–water partition coefficient (Wildman–Crippen LogP) is 1.25. The van der Waals surface area contributed by atoms with Crippen LogP contribution in [0.4, 0.5) is 0 Å². The number of hydrogen-bond acceptors (Lipinski definition) is 3. The lowest BCUT2D eigenvalue weighted by molar-refractivity contribution is -0.0232. The van der Waals surface area contributed by atoms with E-state index < -0.39 is 12.2 Å². The molecule has 1 heterocycles. The van der Waals surface area contributed by atoms with E-state index >= 15 is 0 Å². The second-order valence-electron chi connectivity index (χ2n) is 3.93. The van der Waals surface area contributed by atoms with Crippen molar-refractivity contribution >= 4 is 0 Å². The normalized spacial score (nSPS) is 15.6. The van der Waals surface area contributed by atoms with Gasteiger partial charge in [0.15, 0.2) is 0 Å². The van der Waals surface area contributed by atoms with Crippen LogP contribution in [-0.2, 0) is 7.05 Å². The molecule has 15 heavy (non-hydrogen) atoms. The molecule has 0 saturated heterocycles. The van der Waals surface area contributed by atoms with Gasteiger partial charge in [0.2, 0.25) is 0 Å². The first-order valence-corrected chi connectivity index (χ1v) is 5.45. The third-order valence-corrected chi connectivity index (χ3v) is 2.89. The molecule has 0 amide bonds. The lowest BCUT2D eigenvalue weighted by Crippen LogP contribution is -2.27. The van der Waals surface area contributed by atoms with E-state index in [-0.39, 0.29) is 5.92 Å². The monoisotopic (exact) mass is 212 g/mol. The highest BCUT2D eigenvalue weighted by Gasteiger charge is 2.26. The summed E-state index contributed by atoms with van der Waals surface area (Å²) in [7, 11) is 1.79. The van der Waals surface area contributed by atoms with Crippen molar-refractivity contribution in [1.82, 2.24) is 9.78 Å². The maximum Gasteiger partial charge on any atom is 0.124 e. The molecule has 2 unspecified atom stereocenters. The van der Waals surface area contributed by atoms with Crippen LogP contribution in [-0.4, -0.2) is 26.1 Å². The Morgan fingerprint density at radius 1 is 1.33 bits per heavy atom. The van der Waals surface area contributed by atoms with E-state index in [9.17, 15) is 10.2 Å². The van der Waals surface area contributed by atoms with E-state index in [1.54, 1.807) is 24.0 Å². The fraction of sp³-hybridized carbons (Fsp3) is 0.727. The van der Waals surface area contributed by atoms with Gasteiger partial charge in [-0.15, -0.1) is 0 Å². The van der Waals surface area contributed by atoms with Crippen molar-refractivity contribution in [2.24, 2.45) is 13.0 Å². The lowest BCUT2D eigenvalue weighted by atomic mass is 9.91. The second-order valence-corrected chi connectivity index (χ2v) is 3.93. The molecule has 0 aliphatic carbocycles. The fourth-order valence-electron chi connectivity index (χ4n) is 1.80. The van der Waals surface area contributed by atoms with Gasteiger partial charge in [0.05, 0.1) is 11.8 Å². The van der Waals surface area contributed by atoms with Gasteiger partial charge in [0, 0.05) is 13.2 Å². The van der Waals surface area contributed by atoms with Gasteiger partial charge < -0.3 is 10.2 Å². The highest BCUT2D eigenvalue weighted by atomic mass is 16.3. The highest BCUT2D eigenvalue weighted by molar-refractivity contribution is 5.05. The lowest BCUT2D eigenvalue weighted by Gasteiger charge is -2.23. The Hall–Kier alpha value is -0.870. The summed E-state index contributed by atoms with van der Waals surface area (Å²) in [4.78, 5) is 0. The molecule has 1 rings (SSSR count). The second kappa shape index (κ2) is 5.28. The van der Waals surface area contributed by atoms with Gasteiger partial charge in [-0.1, -0.05) is 26.7 Å². The molecule has 0 bridgehead atoms. The topological polar surface area (TPSA) is 58.3 Å². The first kappa shape index (κ1) is 12.2. The first-order valence-electron chi connectivity index (χ1n) is 5.45. The Kier molecular flexibility index (Phi) is 4.29. The minimum absolute atomic E-state index is 0.127. The molecule has 0 fully saturated rings. The third-order valence-electron chi connectivity index (χ3n) is 2.89. The zero-order valence-electron chi connectivity index (χ0n) is 9.59. The summed E-state index contributed by atoms with van der Waals surface area (Å²) in [5.74, 6) is 0.127. The Bertz CT molecular complexity index is 295. The standard InChI is InChI=1S/C11H20N2O2/c1-4-8(5-2)10(14)11(15)9-6-7-13(3)12-9/h6-8,10-11,14-15H,4-5H2,1-3H3. The fourth-order valence-corrected chi connectivity index (χ4v) is 1.80. The van der Waals surface area contributed by atoms with Crippen LogP contribution in [0.3, 0.4) is 0 Å². The largest absolute Gasteiger partial charge is 0.390 e. The number of aromatic nitrogens is 2. The van der Waals surface area contributed by atoms with E-state index in [1.807, 2.05) is 13.8 Å². The zero-order chi connectivity index (χ0) is 11.4. The molecule has 0 saturated carbocycles. The van der Waals surface area contributed by atoms with Crippen LogP contribution in [0.15, 0.2) is 12.3 Å². The molecule has 2 atom stereocenters. The van der Waals surface area contributed by atoms with Gasteiger partial charge in [-0.05, 0) is 12.0 Å². The maximum absolute atomic E-state index is 9.94.